The van der Waals surface area contributed by atoms with Crippen molar-refractivity contribution in [1.29, 1.82) is 0 Å². The maximum atomic E-state index is 10.6. The van der Waals surface area contributed by atoms with Gasteiger partial charge in [-0.2, -0.15) is 0 Å². The van der Waals surface area contributed by atoms with Crippen LogP contribution in [0.4, 0.5) is 0 Å². The summed E-state index contributed by atoms with van der Waals surface area (Å²) in [4.78, 5) is 0. The van der Waals surface area contributed by atoms with E-state index in [4.69, 9.17) is 9.47 Å². The van der Waals surface area contributed by atoms with E-state index in [0.29, 0.717) is 17.9 Å². The molecule has 0 bridgehead atoms. The van der Waals surface area contributed by atoms with Gasteiger partial charge in [-0.1, -0.05) is 6.92 Å². The standard InChI is InChI=1S/C20H30O6/c1-8-7-13-11(4)14(21)9(2)10(3)18(13)26-20(8,6)19-17(24)16(23)15(22)12(5)25-19/h8,12,15-17,19,21-24H,7H2,1-6H3/t8?,12-,15-,16+,17+,19-,20?/m0/s1. The van der Waals surface area contributed by atoms with Gasteiger partial charge in [-0.25, -0.2) is 0 Å². The van der Waals surface area contributed by atoms with Crippen molar-refractivity contribution < 1.29 is 29.9 Å². The number of phenols is 1. The van der Waals surface area contributed by atoms with E-state index in [1.54, 1.807) is 6.92 Å². The van der Waals surface area contributed by atoms with Crippen LogP contribution < -0.4 is 4.74 Å². The number of aliphatic hydroxyl groups is 3. The molecule has 0 aliphatic carbocycles. The Balaban J connectivity index is 2.05. The zero-order valence-electron chi connectivity index (χ0n) is 16.3. The maximum Gasteiger partial charge on any atom is 0.138 e. The molecule has 146 valence electrons. The van der Waals surface area contributed by atoms with E-state index in [1.807, 2.05) is 34.6 Å². The van der Waals surface area contributed by atoms with Crippen LogP contribution in [-0.4, -0.2) is 56.5 Å². The lowest BCUT2D eigenvalue weighted by molar-refractivity contribution is -0.262. The van der Waals surface area contributed by atoms with Gasteiger partial charge in [0, 0.05) is 11.5 Å². The number of hydrogen-bond donors (Lipinski definition) is 4. The fraction of sp³-hybridized carbons (Fsp3) is 0.700. The third kappa shape index (κ3) is 2.62. The molecule has 1 aromatic rings. The average Bonchev–Trinajstić information content (AvgIpc) is 2.61. The van der Waals surface area contributed by atoms with Crippen molar-refractivity contribution in [2.45, 2.75) is 84.1 Å². The summed E-state index contributed by atoms with van der Waals surface area (Å²) < 4.78 is 12.3. The Kier molecular flexibility index (Phi) is 4.76. The zero-order valence-corrected chi connectivity index (χ0v) is 16.3. The molecule has 0 saturated carbocycles. The summed E-state index contributed by atoms with van der Waals surface area (Å²) in [6.45, 7) is 11.2. The molecule has 2 aliphatic heterocycles. The van der Waals surface area contributed by atoms with Gasteiger partial charge in [0.25, 0.3) is 0 Å². The highest BCUT2D eigenvalue weighted by atomic mass is 16.6. The Labute approximate surface area is 154 Å². The van der Waals surface area contributed by atoms with Crippen molar-refractivity contribution >= 4 is 0 Å². The van der Waals surface area contributed by atoms with E-state index in [1.165, 1.54) is 0 Å². The molecule has 1 saturated heterocycles. The molecule has 6 heteroatoms. The van der Waals surface area contributed by atoms with Gasteiger partial charge in [0.05, 0.1) is 6.10 Å². The number of fused-ring (bicyclic) bond motifs is 1. The summed E-state index contributed by atoms with van der Waals surface area (Å²) >= 11 is 0. The Morgan fingerprint density at radius 3 is 2.15 bits per heavy atom. The van der Waals surface area contributed by atoms with E-state index in [2.05, 4.69) is 0 Å². The van der Waals surface area contributed by atoms with Gasteiger partial charge in [-0.3, -0.25) is 0 Å². The fourth-order valence-corrected chi connectivity index (χ4v) is 4.25. The van der Waals surface area contributed by atoms with Gasteiger partial charge in [0.1, 0.15) is 41.5 Å². The fourth-order valence-electron chi connectivity index (χ4n) is 4.25. The minimum absolute atomic E-state index is 0.0375. The van der Waals surface area contributed by atoms with Gasteiger partial charge in [-0.15, -0.1) is 0 Å². The quantitative estimate of drug-likeness (QED) is 0.601. The van der Waals surface area contributed by atoms with E-state index >= 15 is 0 Å². The van der Waals surface area contributed by atoms with Crippen molar-refractivity contribution in [2.75, 3.05) is 0 Å². The van der Waals surface area contributed by atoms with Gasteiger partial charge < -0.3 is 29.9 Å². The molecule has 6 nitrogen and oxygen atoms in total. The second kappa shape index (κ2) is 6.37. The lowest BCUT2D eigenvalue weighted by Gasteiger charge is -2.51. The molecule has 3 rings (SSSR count). The minimum atomic E-state index is -1.29. The van der Waals surface area contributed by atoms with Crippen LogP contribution in [0.1, 0.15) is 43.0 Å². The predicted octanol–water partition coefficient (Wildman–Crippen LogP) is 1.52. The van der Waals surface area contributed by atoms with Crippen molar-refractivity contribution in [3.05, 3.63) is 22.3 Å². The van der Waals surface area contributed by atoms with Crippen LogP contribution in [0.2, 0.25) is 0 Å². The lowest BCUT2D eigenvalue weighted by Crippen LogP contribution is -2.67. The Bertz CT molecular complexity index is 717. The van der Waals surface area contributed by atoms with E-state index in [9.17, 15) is 20.4 Å². The predicted molar refractivity (Wildman–Crippen MR) is 96.6 cm³/mol. The van der Waals surface area contributed by atoms with Crippen LogP contribution in [0, 0.1) is 26.7 Å². The summed E-state index contributed by atoms with van der Waals surface area (Å²) in [5.74, 6) is 0.966. The van der Waals surface area contributed by atoms with Crippen LogP contribution in [0.25, 0.3) is 0 Å². The molecule has 26 heavy (non-hydrogen) atoms. The second-order valence-corrected chi connectivity index (χ2v) is 8.16. The molecule has 2 aliphatic rings. The maximum absolute atomic E-state index is 10.6. The topological polar surface area (TPSA) is 99.4 Å². The monoisotopic (exact) mass is 366 g/mol. The molecular weight excluding hydrogens is 336 g/mol. The summed E-state index contributed by atoms with van der Waals surface area (Å²) in [6.07, 6.45) is -4.42. The molecule has 0 radical (unpaired) electrons. The van der Waals surface area contributed by atoms with Crippen molar-refractivity contribution in [3.63, 3.8) is 0 Å². The summed E-state index contributed by atoms with van der Waals surface area (Å²) in [5, 5.41) is 41.2. The molecule has 2 heterocycles. The Hall–Kier alpha value is -1.34. The molecule has 1 aromatic carbocycles. The second-order valence-electron chi connectivity index (χ2n) is 8.16. The SMILES string of the molecule is Cc1c(C)c2c(c(C)c1O)CC(C)C(C)([C@H]1O[C@@H](C)[C@H](O)[C@@H](O)[C@H]1O)O2. The Morgan fingerprint density at radius 1 is 0.923 bits per heavy atom. The number of phenolic OH excluding ortho intramolecular Hbond substituents is 1. The number of rotatable bonds is 1. The number of hydrogen-bond acceptors (Lipinski definition) is 6. The molecule has 2 unspecified atom stereocenters. The van der Waals surface area contributed by atoms with E-state index < -0.39 is 36.1 Å². The molecule has 0 amide bonds. The number of benzene rings is 1. The van der Waals surface area contributed by atoms with Gasteiger partial charge >= 0.3 is 0 Å². The molecule has 0 aromatic heterocycles. The average molecular weight is 366 g/mol. The third-order valence-corrected chi connectivity index (χ3v) is 6.57. The highest BCUT2D eigenvalue weighted by Gasteiger charge is 2.55. The highest BCUT2D eigenvalue weighted by molar-refractivity contribution is 5.58. The first-order valence-corrected chi connectivity index (χ1v) is 9.21. The molecule has 1 fully saturated rings. The van der Waals surface area contributed by atoms with Crippen LogP contribution in [-0.2, 0) is 11.2 Å². The van der Waals surface area contributed by atoms with Crippen LogP contribution in [0.5, 0.6) is 11.5 Å². The summed E-state index contributed by atoms with van der Waals surface area (Å²) in [5.41, 5.74) is 2.52. The minimum Gasteiger partial charge on any atom is -0.507 e. The van der Waals surface area contributed by atoms with Gasteiger partial charge in [0.2, 0.25) is 0 Å². The normalized spacial score (nSPS) is 40.0. The zero-order chi connectivity index (χ0) is 19.5. The first kappa shape index (κ1) is 19.4. The number of ether oxygens (including phenoxy) is 2. The molecular formula is C20H30O6. The van der Waals surface area contributed by atoms with Crippen molar-refractivity contribution in [2.24, 2.45) is 5.92 Å². The third-order valence-electron chi connectivity index (χ3n) is 6.57. The van der Waals surface area contributed by atoms with E-state index in [0.717, 1.165) is 22.3 Å². The molecule has 4 N–H and O–H groups in total. The van der Waals surface area contributed by atoms with Crippen LogP contribution >= 0.6 is 0 Å². The number of aromatic hydroxyl groups is 1. The molecule has 0 spiro atoms. The summed E-state index contributed by atoms with van der Waals surface area (Å²) in [6, 6.07) is 0. The Morgan fingerprint density at radius 2 is 1.54 bits per heavy atom. The highest BCUT2D eigenvalue weighted by Crippen LogP contribution is 2.48. The smallest absolute Gasteiger partial charge is 0.138 e. The largest absolute Gasteiger partial charge is 0.507 e. The van der Waals surface area contributed by atoms with Gasteiger partial charge in [-0.05, 0) is 57.7 Å². The van der Waals surface area contributed by atoms with E-state index in [-0.39, 0.29) is 5.92 Å². The molecule has 7 atom stereocenters. The first-order chi connectivity index (χ1) is 12.0. The first-order valence-electron chi connectivity index (χ1n) is 9.21. The van der Waals surface area contributed by atoms with Crippen LogP contribution in [0.3, 0.4) is 0 Å². The van der Waals surface area contributed by atoms with Gasteiger partial charge in [0.15, 0.2) is 0 Å². The number of aliphatic hydroxyl groups excluding tert-OH is 3. The summed E-state index contributed by atoms with van der Waals surface area (Å²) in [7, 11) is 0. The van der Waals surface area contributed by atoms with Crippen molar-refractivity contribution in [1.82, 2.24) is 0 Å². The lowest BCUT2D eigenvalue weighted by atomic mass is 9.73. The van der Waals surface area contributed by atoms with Crippen molar-refractivity contribution in [3.8, 4) is 11.5 Å². The van der Waals surface area contributed by atoms with Crippen LogP contribution in [0.15, 0.2) is 0 Å².